The van der Waals surface area contributed by atoms with Gasteiger partial charge in [0.2, 0.25) is 0 Å². The number of nitrogens with one attached hydrogen (secondary N) is 1. The van der Waals surface area contributed by atoms with Gasteiger partial charge in [-0.2, -0.15) is 0 Å². The number of hydrogen-bond acceptors (Lipinski definition) is 5. The molecule has 7 nitrogen and oxygen atoms in total. The minimum absolute atomic E-state index is 0.242. The summed E-state index contributed by atoms with van der Waals surface area (Å²) in [5.41, 5.74) is 3.56. The Morgan fingerprint density at radius 3 is 2.58 bits per heavy atom. The second-order valence-electron chi connectivity index (χ2n) is 5.72. The van der Waals surface area contributed by atoms with Crippen LogP contribution in [0.4, 0.5) is 5.69 Å². The summed E-state index contributed by atoms with van der Waals surface area (Å²) < 4.78 is 1.78. The molecule has 0 fully saturated rings. The third kappa shape index (κ3) is 3.02. The van der Waals surface area contributed by atoms with E-state index in [0.717, 1.165) is 17.6 Å². The predicted molar refractivity (Wildman–Crippen MR) is 98.6 cm³/mol. The molecular weight excluding hydrogens is 328 g/mol. The molecule has 2 aromatic carbocycles. The van der Waals surface area contributed by atoms with Gasteiger partial charge < -0.3 is 5.32 Å². The highest BCUT2D eigenvalue weighted by Gasteiger charge is 2.11. The number of carbonyl (C=O) groups is 1. The maximum atomic E-state index is 12.5. The maximum Gasteiger partial charge on any atom is 0.255 e. The molecule has 7 heteroatoms. The number of nitrogens with zero attached hydrogens (tertiary/aromatic N) is 5. The summed E-state index contributed by atoms with van der Waals surface area (Å²) in [5, 5.41) is 10.9. The largest absolute Gasteiger partial charge is 0.319 e. The summed E-state index contributed by atoms with van der Waals surface area (Å²) in [4.78, 5) is 21.1. The number of carbonyl (C=O) groups excluding carboxylic acids is 1. The van der Waals surface area contributed by atoms with Crippen molar-refractivity contribution in [2.45, 2.75) is 13.5 Å². The van der Waals surface area contributed by atoms with Gasteiger partial charge in [0.1, 0.15) is 5.52 Å². The van der Waals surface area contributed by atoms with E-state index in [-0.39, 0.29) is 5.91 Å². The van der Waals surface area contributed by atoms with Crippen molar-refractivity contribution in [1.29, 1.82) is 0 Å². The Labute approximate surface area is 149 Å². The number of amides is 1. The lowest BCUT2D eigenvalue weighted by Crippen LogP contribution is -2.12. The molecule has 0 atom stereocenters. The van der Waals surface area contributed by atoms with E-state index in [4.69, 9.17) is 0 Å². The average Bonchev–Trinajstić information content (AvgIpc) is 3.11. The number of benzene rings is 2. The molecule has 0 radical (unpaired) electrons. The summed E-state index contributed by atoms with van der Waals surface area (Å²) in [6.45, 7) is 2.72. The topological polar surface area (TPSA) is 85.6 Å². The van der Waals surface area contributed by atoms with E-state index in [1.54, 1.807) is 29.2 Å². The monoisotopic (exact) mass is 344 g/mol. The number of hydrogen-bond donors (Lipinski definition) is 1. The molecule has 0 aliphatic carbocycles. The fourth-order valence-corrected chi connectivity index (χ4v) is 2.68. The minimum Gasteiger partial charge on any atom is -0.319 e. The van der Waals surface area contributed by atoms with Crippen LogP contribution in [-0.4, -0.2) is 30.9 Å². The lowest BCUT2D eigenvalue weighted by Gasteiger charge is -2.06. The van der Waals surface area contributed by atoms with Crippen molar-refractivity contribution in [1.82, 2.24) is 25.0 Å². The van der Waals surface area contributed by atoms with Gasteiger partial charge in [0.05, 0.1) is 23.6 Å². The van der Waals surface area contributed by atoms with Gasteiger partial charge in [0.15, 0.2) is 5.82 Å². The van der Waals surface area contributed by atoms with E-state index >= 15 is 0 Å². The van der Waals surface area contributed by atoms with E-state index in [0.29, 0.717) is 22.6 Å². The Morgan fingerprint density at radius 2 is 1.85 bits per heavy atom. The van der Waals surface area contributed by atoms with Crippen LogP contribution in [0.15, 0.2) is 60.9 Å². The highest BCUT2D eigenvalue weighted by Crippen LogP contribution is 2.17. The molecule has 4 aromatic rings. The molecule has 0 aliphatic rings. The summed E-state index contributed by atoms with van der Waals surface area (Å²) in [5.74, 6) is 0.371. The van der Waals surface area contributed by atoms with Gasteiger partial charge in [0.25, 0.3) is 5.91 Å². The van der Waals surface area contributed by atoms with Gasteiger partial charge >= 0.3 is 0 Å². The quantitative estimate of drug-likeness (QED) is 0.614. The molecular formula is C19H16N6O. The predicted octanol–water partition coefficient (Wildman–Crippen LogP) is 3.16. The van der Waals surface area contributed by atoms with E-state index in [9.17, 15) is 4.79 Å². The van der Waals surface area contributed by atoms with E-state index in [1.807, 2.05) is 43.3 Å². The van der Waals surface area contributed by atoms with Crippen LogP contribution >= 0.6 is 0 Å². The van der Waals surface area contributed by atoms with Crippen LogP contribution in [0.3, 0.4) is 0 Å². The highest BCUT2D eigenvalue weighted by atomic mass is 16.1. The molecule has 2 heterocycles. The van der Waals surface area contributed by atoms with Crippen LogP contribution in [0.25, 0.3) is 22.4 Å². The average molecular weight is 344 g/mol. The van der Waals surface area contributed by atoms with Crippen LogP contribution in [0.1, 0.15) is 17.3 Å². The van der Waals surface area contributed by atoms with Crippen molar-refractivity contribution < 1.29 is 4.79 Å². The fourth-order valence-electron chi connectivity index (χ4n) is 2.68. The van der Waals surface area contributed by atoms with Crippen LogP contribution < -0.4 is 5.32 Å². The molecule has 1 amide bonds. The maximum absolute atomic E-state index is 12.5. The van der Waals surface area contributed by atoms with Gasteiger partial charge in [-0.05, 0) is 25.1 Å². The molecule has 2 aromatic heterocycles. The third-order valence-corrected chi connectivity index (χ3v) is 4.02. The van der Waals surface area contributed by atoms with E-state index in [2.05, 4.69) is 25.6 Å². The van der Waals surface area contributed by atoms with Crippen molar-refractivity contribution >= 4 is 22.6 Å². The lowest BCUT2D eigenvalue weighted by atomic mass is 10.2. The summed E-state index contributed by atoms with van der Waals surface area (Å²) >= 11 is 0. The van der Waals surface area contributed by atoms with Gasteiger partial charge in [0, 0.05) is 17.7 Å². The number of anilines is 1. The smallest absolute Gasteiger partial charge is 0.255 e. The lowest BCUT2D eigenvalue weighted by molar-refractivity contribution is 0.102. The highest BCUT2D eigenvalue weighted by molar-refractivity contribution is 6.05. The van der Waals surface area contributed by atoms with Crippen molar-refractivity contribution in [3.63, 3.8) is 0 Å². The molecule has 0 saturated carbocycles. The molecule has 0 bridgehead atoms. The van der Waals surface area contributed by atoms with Crippen LogP contribution in [-0.2, 0) is 6.54 Å². The third-order valence-electron chi connectivity index (χ3n) is 4.02. The van der Waals surface area contributed by atoms with E-state index in [1.165, 1.54) is 0 Å². The first-order valence-electron chi connectivity index (χ1n) is 8.26. The zero-order valence-corrected chi connectivity index (χ0v) is 14.1. The molecule has 0 unspecified atom stereocenters. The van der Waals surface area contributed by atoms with Crippen LogP contribution in [0, 0.1) is 0 Å². The minimum atomic E-state index is -0.242. The fraction of sp³-hybridized carbons (Fsp3) is 0.105. The van der Waals surface area contributed by atoms with Crippen LogP contribution in [0.2, 0.25) is 0 Å². The number of aromatic nitrogens is 5. The SMILES string of the molecule is CCn1nnc2cc(C(=O)Nc3cnc(-c4ccccc4)nc3)ccc21. The van der Waals surface area contributed by atoms with Gasteiger partial charge in [-0.1, -0.05) is 35.5 Å². The van der Waals surface area contributed by atoms with Crippen molar-refractivity contribution in [2.24, 2.45) is 0 Å². The molecule has 26 heavy (non-hydrogen) atoms. The first-order chi connectivity index (χ1) is 12.7. The standard InChI is InChI=1S/C19H16N6O/c1-2-25-17-9-8-14(10-16(17)23-24-25)19(26)22-15-11-20-18(21-12-15)13-6-4-3-5-7-13/h3-12H,2H2,1H3,(H,22,26). The van der Waals surface area contributed by atoms with Crippen LogP contribution in [0.5, 0.6) is 0 Å². The van der Waals surface area contributed by atoms with Crippen molar-refractivity contribution in [3.05, 3.63) is 66.5 Å². The Hall–Kier alpha value is -3.61. The Kier molecular flexibility index (Phi) is 4.10. The second kappa shape index (κ2) is 6.72. The summed E-state index contributed by atoms with van der Waals surface area (Å²) in [6, 6.07) is 15.0. The van der Waals surface area contributed by atoms with E-state index < -0.39 is 0 Å². The molecule has 128 valence electrons. The number of aryl methyl sites for hydroxylation is 1. The van der Waals surface area contributed by atoms with Crippen molar-refractivity contribution in [2.75, 3.05) is 5.32 Å². The Bertz CT molecular complexity index is 1060. The Morgan fingerprint density at radius 1 is 1.08 bits per heavy atom. The number of rotatable bonds is 4. The Balaban J connectivity index is 1.52. The second-order valence-corrected chi connectivity index (χ2v) is 5.72. The zero-order chi connectivity index (χ0) is 17.9. The van der Waals surface area contributed by atoms with Gasteiger partial charge in [-0.3, -0.25) is 4.79 Å². The van der Waals surface area contributed by atoms with Crippen molar-refractivity contribution in [3.8, 4) is 11.4 Å². The summed E-state index contributed by atoms with van der Waals surface area (Å²) in [7, 11) is 0. The molecule has 0 spiro atoms. The van der Waals surface area contributed by atoms with Gasteiger partial charge in [-0.15, -0.1) is 5.10 Å². The molecule has 1 N–H and O–H groups in total. The first kappa shape index (κ1) is 15.9. The zero-order valence-electron chi connectivity index (χ0n) is 14.1. The summed E-state index contributed by atoms with van der Waals surface area (Å²) in [6.07, 6.45) is 3.19. The first-order valence-corrected chi connectivity index (χ1v) is 8.26. The molecule has 4 rings (SSSR count). The normalized spacial score (nSPS) is 10.8. The molecule has 0 saturated heterocycles. The van der Waals surface area contributed by atoms with Gasteiger partial charge in [-0.25, -0.2) is 14.6 Å². The number of fused-ring (bicyclic) bond motifs is 1. The molecule has 0 aliphatic heterocycles.